The Morgan fingerprint density at radius 3 is 2.27 bits per heavy atom. The first-order valence-corrected chi connectivity index (χ1v) is 8.58. The lowest BCUT2D eigenvalue weighted by Crippen LogP contribution is -2.26. The van der Waals surface area contributed by atoms with Crippen LogP contribution in [0.15, 0.2) is 59.0 Å². The first kappa shape index (κ1) is 17.9. The smallest absolute Gasteiger partial charge is 0.254 e. The zero-order valence-corrected chi connectivity index (χ0v) is 15.6. The Morgan fingerprint density at radius 1 is 1.00 bits per heavy atom. The Bertz CT molecular complexity index is 878. The van der Waals surface area contributed by atoms with Crippen molar-refractivity contribution in [2.45, 2.75) is 32.7 Å². The minimum absolute atomic E-state index is 0.0834. The molecule has 0 radical (unpaired) electrons. The molecule has 26 heavy (non-hydrogen) atoms. The summed E-state index contributed by atoms with van der Waals surface area (Å²) in [5, 5.41) is 8.18. The van der Waals surface area contributed by atoms with Gasteiger partial charge in [0, 0.05) is 18.2 Å². The normalized spacial score (nSPS) is 11.4. The van der Waals surface area contributed by atoms with Crippen LogP contribution >= 0.6 is 0 Å². The van der Waals surface area contributed by atoms with Crippen LogP contribution in [0.25, 0.3) is 11.5 Å². The Hall–Kier alpha value is -2.95. The average molecular weight is 349 g/mol. The molecule has 0 unspecified atom stereocenters. The molecule has 0 atom stereocenters. The highest BCUT2D eigenvalue weighted by Gasteiger charge is 2.17. The van der Waals surface area contributed by atoms with Crippen molar-refractivity contribution in [1.82, 2.24) is 15.1 Å². The van der Waals surface area contributed by atoms with Gasteiger partial charge in [-0.05, 0) is 35.2 Å². The first-order valence-electron chi connectivity index (χ1n) is 8.58. The van der Waals surface area contributed by atoms with Gasteiger partial charge in [0.25, 0.3) is 5.91 Å². The van der Waals surface area contributed by atoms with E-state index in [0.717, 1.165) is 5.56 Å². The van der Waals surface area contributed by atoms with Crippen molar-refractivity contribution in [3.63, 3.8) is 0 Å². The van der Waals surface area contributed by atoms with Crippen LogP contribution in [0.4, 0.5) is 0 Å². The second kappa shape index (κ2) is 7.12. The molecular formula is C21H23N3O2. The third-order valence-corrected chi connectivity index (χ3v) is 4.20. The molecule has 0 aliphatic carbocycles. The molecule has 2 aromatic carbocycles. The third-order valence-electron chi connectivity index (χ3n) is 4.20. The molecule has 1 heterocycles. The van der Waals surface area contributed by atoms with Crippen LogP contribution < -0.4 is 0 Å². The Balaban J connectivity index is 1.71. The number of benzene rings is 2. The Morgan fingerprint density at radius 2 is 1.65 bits per heavy atom. The molecule has 0 fully saturated rings. The van der Waals surface area contributed by atoms with E-state index in [4.69, 9.17) is 4.42 Å². The maximum absolute atomic E-state index is 12.4. The molecule has 0 N–H and O–H groups in total. The molecule has 3 aromatic rings. The topological polar surface area (TPSA) is 59.2 Å². The van der Waals surface area contributed by atoms with Gasteiger partial charge in [-0.3, -0.25) is 4.79 Å². The van der Waals surface area contributed by atoms with Gasteiger partial charge in [0.2, 0.25) is 11.8 Å². The minimum atomic E-state index is -0.0834. The monoisotopic (exact) mass is 349 g/mol. The van der Waals surface area contributed by atoms with E-state index in [0.29, 0.717) is 17.3 Å². The molecule has 0 bridgehead atoms. The largest absolute Gasteiger partial charge is 0.419 e. The number of amides is 1. The number of aromatic nitrogens is 2. The SMILES string of the molecule is CN(Cc1nnc(-c2ccc(C(C)(C)C)cc2)o1)C(=O)c1ccccc1. The van der Waals surface area contributed by atoms with Crippen molar-refractivity contribution in [2.24, 2.45) is 0 Å². The molecule has 0 saturated heterocycles. The van der Waals surface area contributed by atoms with Gasteiger partial charge in [-0.15, -0.1) is 10.2 Å². The Kier molecular flexibility index (Phi) is 4.89. The van der Waals surface area contributed by atoms with Crippen LogP contribution in [0.5, 0.6) is 0 Å². The number of nitrogens with zero attached hydrogens (tertiary/aromatic N) is 3. The molecule has 0 saturated carbocycles. The van der Waals surface area contributed by atoms with Gasteiger partial charge < -0.3 is 9.32 Å². The highest BCUT2D eigenvalue weighted by molar-refractivity contribution is 5.93. The predicted octanol–water partition coefficient (Wildman–Crippen LogP) is 4.31. The van der Waals surface area contributed by atoms with Crippen molar-refractivity contribution in [3.8, 4) is 11.5 Å². The van der Waals surface area contributed by atoms with Crippen molar-refractivity contribution in [1.29, 1.82) is 0 Å². The molecule has 0 aliphatic heterocycles. The second-order valence-corrected chi connectivity index (χ2v) is 7.36. The Labute approximate surface area is 153 Å². The third kappa shape index (κ3) is 3.99. The standard InChI is InChI=1S/C21H23N3O2/c1-21(2,3)17-12-10-15(11-13-17)19-23-22-18(26-19)14-24(4)20(25)16-8-6-5-7-9-16/h5-13H,14H2,1-4H3. The molecular weight excluding hydrogens is 326 g/mol. The second-order valence-electron chi connectivity index (χ2n) is 7.36. The van der Waals surface area contributed by atoms with Crippen molar-refractivity contribution in [2.75, 3.05) is 7.05 Å². The molecule has 0 aliphatic rings. The quantitative estimate of drug-likeness (QED) is 0.704. The summed E-state index contributed by atoms with van der Waals surface area (Å²) in [4.78, 5) is 14.0. The molecule has 5 heteroatoms. The van der Waals surface area contributed by atoms with Crippen LogP contribution in [-0.2, 0) is 12.0 Å². The minimum Gasteiger partial charge on any atom is -0.419 e. The van der Waals surface area contributed by atoms with Crippen molar-refractivity contribution >= 4 is 5.91 Å². The highest BCUT2D eigenvalue weighted by atomic mass is 16.4. The van der Waals surface area contributed by atoms with Crippen LogP contribution in [0, 0.1) is 0 Å². The van der Waals surface area contributed by atoms with E-state index in [9.17, 15) is 4.79 Å². The molecule has 3 rings (SSSR count). The highest BCUT2D eigenvalue weighted by Crippen LogP contribution is 2.25. The average Bonchev–Trinajstić information content (AvgIpc) is 3.09. The predicted molar refractivity (Wildman–Crippen MR) is 101 cm³/mol. The van der Waals surface area contributed by atoms with Gasteiger partial charge in [-0.2, -0.15) is 0 Å². The molecule has 1 amide bonds. The van der Waals surface area contributed by atoms with E-state index in [1.807, 2.05) is 30.3 Å². The van der Waals surface area contributed by atoms with E-state index >= 15 is 0 Å². The summed E-state index contributed by atoms with van der Waals surface area (Å²) in [5.74, 6) is 0.785. The van der Waals surface area contributed by atoms with Gasteiger partial charge in [-0.1, -0.05) is 51.1 Å². The number of carbonyl (C=O) groups excluding carboxylic acids is 1. The van der Waals surface area contributed by atoms with E-state index in [-0.39, 0.29) is 17.9 Å². The van der Waals surface area contributed by atoms with Crippen LogP contribution in [-0.4, -0.2) is 28.1 Å². The van der Waals surface area contributed by atoms with Gasteiger partial charge in [0.05, 0.1) is 6.54 Å². The van der Waals surface area contributed by atoms with Crippen LogP contribution in [0.3, 0.4) is 0 Å². The first-order chi connectivity index (χ1) is 12.3. The van der Waals surface area contributed by atoms with Gasteiger partial charge in [-0.25, -0.2) is 0 Å². The molecule has 5 nitrogen and oxygen atoms in total. The summed E-state index contributed by atoms with van der Waals surface area (Å²) in [6, 6.07) is 17.2. The number of carbonyl (C=O) groups is 1. The molecule has 0 spiro atoms. The summed E-state index contributed by atoms with van der Waals surface area (Å²) in [6.45, 7) is 6.78. The fourth-order valence-corrected chi connectivity index (χ4v) is 2.62. The lowest BCUT2D eigenvalue weighted by Gasteiger charge is -2.18. The van der Waals surface area contributed by atoms with Crippen LogP contribution in [0.1, 0.15) is 42.6 Å². The summed E-state index contributed by atoms with van der Waals surface area (Å²) in [5.41, 5.74) is 2.84. The number of hydrogen-bond acceptors (Lipinski definition) is 4. The fraction of sp³-hybridized carbons (Fsp3) is 0.286. The zero-order chi connectivity index (χ0) is 18.7. The number of hydrogen-bond donors (Lipinski definition) is 0. The fourth-order valence-electron chi connectivity index (χ4n) is 2.62. The molecule has 134 valence electrons. The summed E-state index contributed by atoms with van der Waals surface area (Å²) >= 11 is 0. The van der Waals surface area contributed by atoms with Crippen molar-refractivity contribution < 1.29 is 9.21 Å². The lowest BCUT2D eigenvalue weighted by molar-refractivity contribution is 0.0773. The van der Waals surface area contributed by atoms with Gasteiger partial charge >= 0.3 is 0 Å². The maximum Gasteiger partial charge on any atom is 0.254 e. The van der Waals surface area contributed by atoms with E-state index in [2.05, 4.69) is 43.1 Å². The summed E-state index contributed by atoms with van der Waals surface area (Å²) in [7, 11) is 1.72. The van der Waals surface area contributed by atoms with Crippen LogP contribution in [0.2, 0.25) is 0 Å². The lowest BCUT2D eigenvalue weighted by atomic mass is 9.87. The van der Waals surface area contributed by atoms with Gasteiger partial charge in [0.15, 0.2) is 0 Å². The number of rotatable bonds is 4. The maximum atomic E-state index is 12.4. The van der Waals surface area contributed by atoms with E-state index in [1.54, 1.807) is 24.1 Å². The molecule has 1 aromatic heterocycles. The zero-order valence-electron chi connectivity index (χ0n) is 15.6. The van der Waals surface area contributed by atoms with Crippen molar-refractivity contribution in [3.05, 3.63) is 71.6 Å². The summed E-state index contributed by atoms with van der Waals surface area (Å²) in [6.07, 6.45) is 0. The van der Waals surface area contributed by atoms with E-state index < -0.39 is 0 Å². The van der Waals surface area contributed by atoms with E-state index in [1.165, 1.54) is 5.56 Å². The summed E-state index contributed by atoms with van der Waals surface area (Å²) < 4.78 is 5.74. The van der Waals surface area contributed by atoms with Gasteiger partial charge in [0.1, 0.15) is 0 Å².